The van der Waals surface area contributed by atoms with Crippen molar-refractivity contribution in [2.24, 2.45) is 0 Å². The van der Waals surface area contributed by atoms with E-state index in [-0.39, 0.29) is 11.1 Å². The Balaban J connectivity index is 1.87. The maximum absolute atomic E-state index is 13.6. The second-order valence-electron chi connectivity index (χ2n) is 8.19. The molecule has 0 amide bonds. The maximum Gasteiger partial charge on any atom is 0.264 e. The molecule has 2 N–H and O–H groups in total. The lowest BCUT2D eigenvalue weighted by Crippen LogP contribution is -2.32. The van der Waals surface area contributed by atoms with Crippen LogP contribution in [0.3, 0.4) is 0 Å². The predicted octanol–water partition coefficient (Wildman–Crippen LogP) is 3.22. The van der Waals surface area contributed by atoms with Gasteiger partial charge in [-0.2, -0.15) is 0 Å². The molecule has 7 rings (SSSR count). The van der Waals surface area contributed by atoms with Gasteiger partial charge in [0.1, 0.15) is 11.3 Å². The molecule has 154 valence electrons. The highest BCUT2D eigenvalue weighted by atomic mass is 16.1. The Labute approximate surface area is 179 Å². The van der Waals surface area contributed by atoms with Crippen LogP contribution in [0.4, 0.5) is 0 Å². The van der Waals surface area contributed by atoms with E-state index in [1.165, 1.54) is 0 Å². The highest BCUT2D eigenvalue weighted by molar-refractivity contribution is 6.27. The monoisotopic (exact) mass is 418 g/mol. The van der Waals surface area contributed by atoms with Gasteiger partial charge in [0.2, 0.25) is 0 Å². The zero-order valence-corrected chi connectivity index (χ0v) is 17.5. The summed E-state index contributed by atoms with van der Waals surface area (Å²) in [4.78, 5) is 34.1. The molecule has 0 saturated carbocycles. The Morgan fingerprint density at radius 2 is 1.28 bits per heavy atom. The SMILES string of the molecule is C/C=c1/[nH]c2c3ccc4c5c(ccc(c(=O)n2/c1=C/C)c35)c(=O)n1c2ccccc2[nH]c41. The number of hydrogen-bond donors (Lipinski definition) is 2. The zero-order valence-electron chi connectivity index (χ0n) is 17.5. The predicted molar refractivity (Wildman–Crippen MR) is 130 cm³/mol. The first-order valence-electron chi connectivity index (χ1n) is 10.6. The zero-order chi connectivity index (χ0) is 21.7. The molecule has 6 heteroatoms. The summed E-state index contributed by atoms with van der Waals surface area (Å²) in [7, 11) is 0. The largest absolute Gasteiger partial charge is 0.339 e. The summed E-state index contributed by atoms with van der Waals surface area (Å²) in [5.74, 6) is 0. The number of hydrogen-bond acceptors (Lipinski definition) is 2. The minimum atomic E-state index is -0.0869. The van der Waals surface area contributed by atoms with Crippen LogP contribution in [0.5, 0.6) is 0 Å². The number of H-pyrrole nitrogens is 2. The molecule has 0 bridgehead atoms. The molecule has 4 aromatic heterocycles. The molecule has 0 aliphatic heterocycles. The number of nitrogens with one attached hydrogen (secondary N) is 2. The average Bonchev–Trinajstić information content (AvgIpc) is 3.40. The van der Waals surface area contributed by atoms with Gasteiger partial charge < -0.3 is 9.97 Å². The number of para-hydroxylation sites is 2. The highest BCUT2D eigenvalue weighted by Gasteiger charge is 2.20. The molecule has 0 aliphatic rings. The van der Waals surface area contributed by atoms with Crippen molar-refractivity contribution in [3.63, 3.8) is 0 Å². The van der Waals surface area contributed by atoms with Crippen LogP contribution in [0.2, 0.25) is 0 Å². The summed E-state index contributed by atoms with van der Waals surface area (Å²) >= 11 is 0. The van der Waals surface area contributed by atoms with E-state index in [4.69, 9.17) is 0 Å². The second-order valence-corrected chi connectivity index (χ2v) is 8.19. The van der Waals surface area contributed by atoms with E-state index in [9.17, 15) is 9.59 Å². The van der Waals surface area contributed by atoms with Gasteiger partial charge in [-0.1, -0.05) is 24.3 Å². The van der Waals surface area contributed by atoms with E-state index >= 15 is 0 Å². The fraction of sp³-hybridized carbons (Fsp3) is 0.0769. The molecule has 0 radical (unpaired) electrons. The normalized spacial score (nSPS) is 13.9. The summed E-state index contributed by atoms with van der Waals surface area (Å²) in [5.41, 5.74) is 3.06. The minimum Gasteiger partial charge on any atom is -0.339 e. The quantitative estimate of drug-likeness (QED) is 0.371. The van der Waals surface area contributed by atoms with Gasteiger partial charge >= 0.3 is 0 Å². The van der Waals surface area contributed by atoms with E-state index in [1.807, 2.05) is 62.4 Å². The van der Waals surface area contributed by atoms with E-state index in [2.05, 4.69) is 9.97 Å². The van der Waals surface area contributed by atoms with Crippen molar-refractivity contribution in [3.8, 4) is 0 Å². The van der Waals surface area contributed by atoms with Gasteiger partial charge in [0.05, 0.1) is 21.7 Å². The number of benzene rings is 3. The van der Waals surface area contributed by atoms with Gasteiger partial charge in [-0.25, -0.2) is 0 Å². The number of nitrogens with zero attached hydrogens (tertiary/aromatic N) is 2. The van der Waals surface area contributed by atoms with Crippen molar-refractivity contribution < 1.29 is 0 Å². The van der Waals surface area contributed by atoms with Gasteiger partial charge in [-0.15, -0.1) is 0 Å². The van der Waals surface area contributed by atoms with Crippen molar-refractivity contribution in [3.05, 3.63) is 79.9 Å². The molecular weight excluding hydrogens is 400 g/mol. The first-order valence-corrected chi connectivity index (χ1v) is 10.6. The Hall–Kier alpha value is -4.32. The van der Waals surface area contributed by atoms with Crippen LogP contribution in [-0.2, 0) is 0 Å². The van der Waals surface area contributed by atoms with Crippen LogP contribution >= 0.6 is 0 Å². The molecule has 0 saturated heterocycles. The third kappa shape index (κ3) is 1.82. The number of imidazole rings is 2. The van der Waals surface area contributed by atoms with Crippen LogP contribution < -0.4 is 21.8 Å². The molecule has 0 unspecified atom stereocenters. The van der Waals surface area contributed by atoms with Crippen molar-refractivity contribution in [2.75, 3.05) is 0 Å². The van der Waals surface area contributed by atoms with Crippen LogP contribution in [0.1, 0.15) is 13.8 Å². The second kappa shape index (κ2) is 5.68. The van der Waals surface area contributed by atoms with E-state index < -0.39 is 0 Å². The van der Waals surface area contributed by atoms with Gasteiger partial charge in [0.25, 0.3) is 11.1 Å². The number of aromatic amines is 2. The van der Waals surface area contributed by atoms with Crippen molar-refractivity contribution >= 4 is 66.8 Å². The average molecular weight is 418 g/mol. The third-order valence-corrected chi connectivity index (χ3v) is 6.72. The van der Waals surface area contributed by atoms with Gasteiger partial charge in [-0.3, -0.25) is 18.4 Å². The number of rotatable bonds is 0. The summed E-state index contributed by atoms with van der Waals surface area (Å²) in [6.45, 7) is 3.88. The molecular formula is C26H18N4O2. The van der Waals surface area contributed by atoms with Crippen LogP contribution in [0, 0.1) is 0 Å². The number of fused-ring (bicyclic) bond motifs is 6. The molecule has 4 heterocycles. The fourth-order valence-corrected chi connectivity index (χ4v) is 5.36. The molecule has 7 aromatic rings. The van der Waals surface area contributed by atoms with Crippen LogP contribution in [0.25, 0.3) is 66.8 Å². The van der Waals surface area contributed by atoms with Crippen molar-refractivity contribution in [1.29, 1.82) is 0 Å². The summed E-state index contributed by atoms with van der Waals surface area (Å²) in [6, 6.07) is 15.5. The molecule has 0 fully saturated rings. The Morgan fingerprint density at radius 1 is 0.688 bits per heavy atom. The maximum atomic E-state index is 13.6. The topological polar surface area (TPSA) is 74.5 Å². The van der Waals surface area contributed by atoms with Gasteiger partial charge in [0.15, 0.2) is 0 Å². The number of pyridine rings is 2. The van der Waals surface area contributed by atoms with Gasteiger partial charge in [-0.05, 0) is 50.2 Å². The lowest BCUT2D eigenvalue weighted by molar-refractivity contribution is 1.09. The molecule has 0 aliphatic carbocycles. The van der Waals surface area contributed by atoms with E-state index in [0.717, 1.165) is 54.6 Å². The smallest absolute Gasteiger partial charge is 0.264 e. The van der Waals surface area contributed by atoms with Gasteiger partial charge in [0, 0.05) is 32.3 Å². The van der Waals surface area contributed by atoms with Crippen molar-refractivity contribution in [1.82, 2.24) is 18.8 Å². The fourth-order valence-electron chi connectivity index (χ4n) is 5.36. The molecule has 0 spiro atoms. The Morgan fingerprint density at radius 3 is 1.94 bits per heavy atom. The van der Waals surface area contributed by atoms with E-state index in [0.29, 0.717) is 10.8 Å². The van der Waals surface area contributed by atoms with E-state index in [1.54, 1.807) is 20.9 Å². The Kier molecular flexibility index (Phi) is 3.08. The molecule has 32 heavy (non-hydrogen) atoms. The molecule has 0 atom stereocenters. The van der Waals surface area contributed by atoms with Crippen molar-refractivity contribution in [2.45, 2.75) is 13.8 Å². The first-order chi connectivity index (χ1) is 15.6. The third-order valence-electron chi connectivity index (χ3n) is 6.72. The van der Waals surface area contributed by atoms with Crippen LogP contribution in [0.15, 0.2) is 58.1 Å². The number of aromatic nitrogens is 4. The summed E-state index contributed by atoms with van der Waals surface area (Å²) in [6.07, 6.45) is 3.91. The van der Waals surface area contributed by atoms with Crippen LogP contribution in [-0.4, -0.2) is 18.8 Å². The molecule has 6 nitrogen and oxygen atoms in total. The first kappa shape index (κ1) is 17.4. The standard InChI is InChI=1S/C26H18N4O2/c1-3-17-19(4-2)29-23(27-17)13-9-10-14-22-16(12-11-15(21(13)22)25(29)31)26(32)30-20-8-6-5-7-18(20)28-24(14)30/h3-12,27-28H,1-2H3/b17-3+,19-4+. The summed E-state index contributed by atoms with van der Waals surface area (Å²) < 4.78 is 3.48. The Bertz CT molecular complexity index is 2150. The summed E-state index contributed by atoms with van der Waals surface area (Å²) in [5, 5.41) is 6.47. The minimum absolute atomic E-state index is 0.0869. The lowest BCUT2D eigenvalue weighted by atomic mass is 9.96. The lowest BCUT2D eigenvalue weighted by Gasteiger charge is -2.12. The molecule has 3 aromatic carbocycles. The highest BCUT2D eigenvalue weighted by Crippen LogP contribution is 2.35.